The fraction of sp³-hybridized carbons (Fsp3) is 0.450. The second-order valence-corrected chi connectivity index (χ2v) is 7.00. The highest BCUT2D eigenvalue weighted by Crippen LogP contribution is 2.30. The van der Waals surface area contributed by atoms with Crippen molar-refractivity contribution in [3.63, 3.8) is 0 Å². The van der Waals surface area contributed by atoms with Gasteiger partial charge in [0, 0.05) is 24.4 Å². The number of anilines is 1. The third-order valence-corrected chi connectivity index (χ3v) is 5.06. The summed E-state index contributed by atoms with van der Waals surface area (Å²) in [6.07, 6.45) is 2.89. The first kappa shape index (κ1) is 18.2. The molecule has 0 atom stereocenters. The lowest BCUT2D eigenvalue weighted by atomic mass is 9.81. The van der Waals surface area contributed by atoms with Crippen LogP contribution in [0.15, 0.2) is 34.9 Å². The number of aromatic nitrogens is 1. The van der Waals surface area contributed by atoms with Crippen LogP contribution in [0.25, 0.3) is 0 Å². The fourth-order valence-corrected chi connectivity index (χ4v) is 3.41. The van der Waals surface area contributed by atoms with Crippen molar-refractivity contribution < 1.29 is 14.1 Å². The first-order valence-corrected chi connectivity index (χ1v) is 9.09. The van der Waals surface area contributed by atoms with Gasteiger partial charge in [-0.15, -0.1) is 0 Å². The van der Waals surface area contributed by atoms with Gasteiger partial charge in [0.25, 0.3) is 0 Å². The molecule has 0 unspecified atom stereocenters. The maximum atomic E-state index is 12.4. The molecule has 1 aliphatic carbocycles. The van der Waals surface area contributed by atoms with Gasteiger partial charge in [-0.2, -0.15) is 0 Å². The molecular formula is C20H25N3O3. The minimum Gasteiger partial charge on any atom is -0.360 e. The Morgan fingerprint density at radius 1 is 1.08 bits per heavy atom. The maximum absolute atomic E-state index is 12.4. The number of hydrogen-bond donors (Lipinski definition) is 2. The summed E-state index contributed by atoms with van der Waals surface area (Å²) in [5, 5.41) is 9.60. The first-order valence-electron chi connectivity index (χ1n) is 9.09. The Morgan fingerprint density at radius 2 is 1.73 bits per heavy atom. The van der Waals surface area contributed by atoms with Crippen LogP contribution in [-0.4, -0.2) is 17.0 Å². The number of amides is 2. The van der Waals surface area contributed by atoms with E-state index in [-0.39, 0.29) is 23.7 Å². The van der Waals surface area contributed by atoms with E-state index in [2.05, 4.69) is 15.8 Å². The molecule has 0 radical (unpaired) electrons. The molecule has 1 aromatic heterocycles. The summed E-state index contributed by atoms with van der Waals surface area (Å²) in [7, 11) is 0. The average Bonchev–Trinajstić information content (AvgIpc) is 3.05. The molecule has 1 aliphatic rings. The van der Waals surface area contributed by atoms with Crippen molar-refractivity contribution in [3.05, 3.63) is 47.2 Å². The van der Waals surface area contributed by atoms with E-state index < -0.39 is 0 Å². The third-order valence-electron chi connectivity index (χ3n) is 5.06. The lowest BCUT2D eigenvalue weighted by molar-refractivity contribution is -0.128. The topological polar surface area (TPSA) is 84.2 Å². The lowest BCUT2D eigenvalue weighted by Crippen LogP contribution is -2.35. The van der Waals surface area contributed by atoms with Crippen LogP contribution < -0.4 is 10.6 Å². The summed E-state index contributed by atoms with van der Waals surface area (Å²) in [5.74, 6) is 1.06. The number of rotatable bonds is 5. The monoisotopic (exact) mass is 355 g/mol. The van der Waals surface area contributed by atoms with Gasteiger partial charge in [0.1, 0.15) is 5.76 Å². The second-order valence-electron chi connectivity index (χ2n) is 7.00. The molecule has 1 aromatic carbocycles. The molecule has 1 heterocycles. The molecule has 0 spiro atoms. The van der Waals surface area contributed by atoms with Crippen LogP contribution in [0.1, 0.15) is 42.6 Å². The number of aryl methyl sites for hydroxylation is 2. The number of nitrogens with zero attached hydrogens (tertiary/aromatic N) is 1. The van der Waals surface area contributed by atoms with Crippen molar-refractivity contribution in [2.45, 2.75) is 46.1 Å². The summed E-state index contributed by atoms with van der Waals surface area (Å²) in [6, 6.07) is 9.74. The van der Waals surface area contributed by atoms with E-state index in [1.165, 1.54) is 5.56 Å². The van der Waals surface area contributed by atoms with Crippen LogP contribution in [0.2, 0.25) is 0 Å². The molecule has 2 N–H and O–H groups in total. The number of carbonyl (C=O) groups excluding carboxylic acids is 2. The molecule has 138 valence electrons. The lowest BCUT2D eigenvalue weighted by Gasteiger charge is -2.26. The van der Waals surface area contributed by atoms with Crippen molar-refractivity contribution in [1.29, 1.82) is 0 Å². The molecule has 1 saturated carbocycles. The Morgan fingerprint density at radius 3 is 2.35 bits per heavy atom. The molecule has 1 fully saturated rings. The van der Waals surface area contributed by atoms with Gasteiger partial charge in [0.05, 0.1) is 0 Å². The zero-order valence-corrected chi connectivity index (χ0v) is 15.2. The maximum Gasteiger partial charge on any atom is 0.228 e. The summed E-state index contributed by atoms with van der Waals surface area (Å²) >= 11 is 0. The first-order chi connectivity index (χ1) is 12.5. The van der Waals surface area contributed by atoms with Crippen LogP contribution in [0.3, 0.4) is 0 Å². The number of hydrogen-bond acceptors (Lipinski definition) is 4. The molecule has 0 saturated heterocycles. The molecular weight excluding hydrogens is 330 g/mol. The highest BCUT2D eigenvalue weighted by atomic mass is 16.5. The van der Waals surface area contributed by atoms with E-state index in [0.717, 1.165) is 18.4 Å². The molecule has 2 aromatic rings. The van der Waals surface area contributed by atoms with E-state index in [4.69, 9.17) is 4.52 Å². The summed E-state index contributed by atoms with van der Waals surface area (Å²) in [4.78, 5) is 24.7. The van der Waals surface area contributed by atoms with Gasteiger partial charge < -0.3 is 15.2 Å². The SMILES string of the molecule is Cc1cc(NC(=O)C2CCC(C(=O)NCc3ccccc3C)CC2)no1. The van der Waals surface area contributed by atoms with Gasteiger partial charge in [-0.1, -0.05) is 29.4 Å². The van der Waals surface area contributed by atoms with E-state index >= 15 is 0 Å². The van der Waals surface area contributed by atoms with Gasteiger partial charge in [0.2, 0.25) is 11.8 Å². The predicted molar refractivity (Wildman–Crippen MR) is 98.3 cm³/mol. The Bertz CT molecular complexity index is 776. The number of carbonyl (C=O) groups is 2. The largest absolute Gasteiger partial charge is 0.360 e. The highest BCUT2D eigenvalue weighted by molar-refractivity contribution is 5.91. The standard InChI is InChI=1S/C20H25N3O3/c1-13-5-3-4-6-17(13)12-21-19(24)15-7-9-16(10-8-15)20(25)22-18-11-14(2)26-23-18/h3-6,11,15-16H,7-10,12H2,1-2H3,(H,21,24)(H,22,23,25). The molecule has 6 heteroatoms. The Kier molecular flexibility index (Phi) is 5.71. The van der Waals surface area contributed by atoms with Crippen LogP contribution in [0.4, 0.5) is 5.82 Å². The van der Waals surface area contributed by atoms with Crippen LogP contribution in [-0.2, 0) is 16.1 Å². The van der Waals surface area contributed by atoms with Crippen molar-refractivity contribution in [1.82, 2.24) is 10.5 Å². The summed E-state index contributed by atoms with van der Waals surface area (Å²) in [5.41, 5.74) is 2.31. The minimum atomic E-state index is -0.0765. The van der Waals surface area contributed by atoms with Gasteiger partial charge in [-0.3, -0.25) is 9.59 Å². The van der Waals surface area contributed by atoms with Gasteiger partial charge >= 0.3 is 0 Å². The molecule has 2 amide bonds. The Labute approximate surface area is 153 Å². The van der Waals surface area contributed by atoms with Crippen molar-refractivity contribution in [3.8, 4) is 0 Å². The normalized spacial score (nSPS) is 19.8. The van der Waals surface area contributed by atoms with E-state index in [0.29, 0.717) is 31.0 Å². The smallest absolute Gasteiger partial charge is 0.228 e. The summed E-state index contributed by atoms with van der Waals surface area (Å²) in [6.45, 7) is 4.38. The number of benzene rings is 1. The predicted octanol–water partition coefficient (Wildman–Crippen LogP) is 3.35. The molecule has 0 bridgehead atoms. The summed E-state index contributed by atoms with van der Waals surface area (Å²) < 4.78 is 4.96. The molecule has 3 rings (SSSR count). The van der Waals surface area contributed by atoms with Gasteiger partial charge in [-0.05, 0) is 50.7 Å². The van der Waals surface area contributed by atoms with Crippen LogP contribution in [0.5, 0.6) is 0 Å². The van der Waals surface area contributed by atoms with E-state index in [1.807, 2.05) is 31.2 Å². The minimum absolute atomic E-state index is 0.0163. The van der Waals surface area contributed by atoms with Crippen molar-refractivity contribution in [2.24, 2.45) is 11.8 Å². The zero-order chi connectivity index (χ0) is 18.5. The van der Waals surface area contributed by atoms with Crippen molar-refractivity contribution in [2.75, 3.05) is 5.32 Å². The molecule has 6 nitrogen and oxygen atoms in total. The Hall–Kier alpha value is -2.63. The zero-order valence-electron chi connectivity index (χ0n) is 15.2. The third kappa shape index (κ3) is 4.50. The van der Waals surface area contributed by atoms with Crippen LogP contribution in [0, 0.1) is 25.7 Å². The van der Waals surface area contributed by atoms with Gasteiger partial charge in [-0.25, -0.2) is 0 Å². The van der Waals surface area contributed by atoms with E-state index in [1.54, 1.807) is 13.0 Å². The Balaban J connectivity index is 1.44. The quantitative estimate of drug-likeness (QED) is 0.861. The highest BCUT2D eigenvalue weighted by Gasteiger charge is 2.30. The van der Waals surface area contributed by atoms with Gasteiger partial charge in [0.15, 0.2) is 5.82 Å². The fourth-order valence-electron chi connectivity index (χ4n) is 3.41. The molecule has 26 heavy (non-hydrogen) atoms. The van der Waals surface area contributed by atoms with E-state index in [9.17, 15) is 9.59 Å². The average molecular weight is 355 g/mol. The van der Waals surface area contributed by atoms with Crippen molar-refractivity contribution >= 4 is 17.6 Å². The van der Waals surface area contributed by atoms with Crippen LogP contribution >= 0.6 is 0 Å². The molecule has 0 aliphatic heterocycles. The second kappa shape index (κ2) is 8.17. The number of nitrogens with one attached hydrogen (secondary N) is 2.